The molecule has 2 amide bonds. The van der Waals surface area contributed by atoms with Crippen molar-refractivity contribution in [1.29, 1.82) is 0 Å². The molecule has 1 N–H and O–H groups in total. The highest BCUT2D eigenvalue weighted by Crippen LogP contribution is 2.29. The quantitative estimate of drug-likeness (QED) is 0.891. The third-order valence-electron chi connectivity index (χ3n) is 4.93. The van der Waals surface area contributed by atoms with E-state index in [0.717, 1.165) is 24.0 Å². The summed E-state index contributed by atoms with van der Waals surface area (Å²) in [4.78, 5) is 27.5. The second kappa shape index (κ2) is 7.91. The van der Waals surface area contributed by atoms with Gasteiger partial charge in [-0.2, -0.15) is 0 Å². The summed E-state index contributed by atoms with van der Waals surface area (Å²) in [7, 11) is 0. The van der Waals surface area contributed by atoms with Gasteiger partial charge >= 0.3 is 0 Å². The van der Waals surface area contributed by atoms with E-state index in [9.17, 15) is 14.0 Å². The molecule has 0 saturated heterocycles. The maximum Gasteiger partial charge on any atom is 0.251 e. The highest BCUT2D eigenvalue weighted by atomic mass is 19.1. The molecule has 3 rings (SSSR count). The van der Waals surface area contributed by atoms with Gasteiger partial charge in [-0.1, -0.05) is 37.6 Å². The average molecular weight is 368 g/mol. The van der Waals surface area contributed by atoms with Crippen LogP contribution in [0.2, 0.25) is 0 Å². The van der Waals surface area contributed by atoms with Gasteiger partial charge in [0.25, 0.3) is 5.91 Å². The fraction of sp³-hybridized carbons (Fsp3) is 0.364. The Balaban J connectivity index is 1.85. The van der Waals surface area contributed by atoms with Crippen LogP contribution in [0.4, 0.5) is 10.1 Å². The molecule has 4 nitrogen and oxygen atoms in total. The zero-order chi connectivity index (χ0) is 19.6. The molecule has 1 aliphatic heterocycles. The van der Waals surface area contributed by atoms with E-state index in [4.69, 9.17) is 0 Å². The summed E-state index contributed by atoms with van der Waals surface area (Å²) in [5.74, 6) is -0.927. The molecule has 0 radical (unpaired) electrons. The Bertz CT molecular complexity index is 863. The number of nitrogens with zero attached hydrogens (tertiary/aromatic N) is 1. The minimum Gasteiger partial charge on any atom is -0.340 e. The van der Waals surface area contributed by atoms with Crippen LogP contribution in [-0.2, 0) is 11.2 Å². The number of halogens is 1. The first kappa shape index (κ1) is 19.1. The fourth-order valence-electron chi connectivity index (χ4n) is 3.47. The van der Waals surface area contributed by atoms with Crippen LogP contribution in [0.1, 0.15) is 41.8 Å². The van der Waals surface area contributed by atoms with E-state index in [0.29, 0.717) is 17.8 Å². The molecule has 1 atom stereocenters. The van der Waals surface area contributed by atoms with Crippen molar-refractivity contribution in [2.75, 3.05) is 11.4 Å². The van der Waals surface area contributed by atoms with E-state index in [1.807, 2.05) is 32.9 Å². The Hall–Kier alpha value is -2.69. The number of hydrogen-bond donors (Lipinski definition) is 1. The molecule has 1 heterocycles. The molecular formula is C22H25FN2O2. The first-order valence-electron chi connectivity index (χ1n) is 9.34. The molecule has 142 valence electrons. The van der Waals surface area contributed by atoms with Crippen LogP contribution < -0.4 is 10.2 Å². The van der Waals surface area contributed by atoms with Gasteiger partial charge in [0, 0.05) is 17.8 Å². The number of aryl methyl sites for hydroxylation is 2. The summed E-state index contributed by atoms with van der Waals surface area (Å²) in [6, 6.07) is 11.2. The predicted molar refractivity (Wildman–Crippen MR) is 104 cm³/mol. The summed E-state index contributed by atoms with van der Waals surface area (Å²) >= 11 is 0. The van der Waals surface area contributed by atoms with Crippen molar-refractivity contribution in [3.8, 4) is 0 Å². The van der Waals surface area contributed by atoms with Crippen LogP contribution in [0, 0.1) is 18.7 Å². The maximum atomic E-state index is 13.8. The van der Waals surface area contributed by atoms with Crippen molar-refractivity contribution < 1.29 is 14.0 Å². The lowest BCUT2D eigenvalue weighted by molar-refractivity contribution is -0.121. The van der Waals surface area contributed by atoms with Gasteiger partial charge in [0.15, 0.2) is 0 Å². The lowest BCUT2D eigenvalue weighted by Crippen LogP contribution is -2.52. The number of hydrogen-bond acceptors (Lipinski definition) is 2. The van der Waals surface area contributed by atoms with Gasteiger partial charge in [-0.15, -0.1) is 0 Å². The largest absolute Gasteiger partial charge is 0.340 e. The van der Waals surface area contributed by atoms with Crippen LogP contribution in [0.3, 0.4) is 0 Å². The molecular weight excluding hydrogens is 343 g/mol. The maximum absolute atomic E-state index is 13.8. The van der Waals surface area contributed by atoms with Crippen molar-refractivity contribution in [3.63, 3.8) is 0 Å². The molecule has 0 fully saturated rings. The Kier molecular flexibility index (Phi) is 5.59. The van der Waals surface area contributed by atoms with Crippen LogP contribution in [0.25, 0.3) is 0 Å². The number of benzene rings is 2. The smallest absolute Gasteiger partial charge is 0.251 e. The number of rotatable bonds is 4. The van der Waals surface area contributed by atoms with Gasteiger partial charge < -0.3 is 10.2 Å². The van der Waals surface area contributed by atoms with Gasteiger partial charge in [-0.05, 0) is 55.5 Å². The molecule has 27 heavy (non-hydrogen) atoms. The lowest BCUT2D eigenvalue weighted by atomic mass is 9.97. The van der Waals surface area contributed by atoms with Crippen molar-refractivity contribution in [2.24, 2.45) is 5.92 Å². The summed E-state index contributed by atoms with van der Waals surface area (Å²) in [6.45, 7) is 6.24. The lowest BCUT2D eigenvalue weighted by Gasteiger charge is -2.34. The third-order valence-corrected chi connectivity index (χ3v) is 4.93. The summed E-state index contributed by atoms with van der Waals surface area (Å²) < 4.78 is 13.8. The van der Waals surface area contributed by atoms with Crippen LogP contribution in [-0.4, -0.2) is 24.4 Å². The highest BCUT2D eigenvalue weighted by molar-refractivity contribution is 6.03. The van der Waals surface area contributed by atoms with Crippen molar-refractivity contribution >= 4 is 17.5 Å². The van der Waals surface area contributed by atoms with Crippen molar-refractivity contribution in [1.82, 2.24) is 5.32 Å². The third kappa shape index (κ3) is 4.18. The monoisotopic (exact) mass is 368 g/mol. The first-order valence-corrected chi connectivity index (χ1v) is 9.34. The second-order valence-corrected chi connectivity index (χ2v) is 7.43. The first-order chi connectivity index (χ1) is 12.9. The molecule has 1 aliphatic rings. The van der Waals surface area contributed by atoms with Gasteiger partial charge in [-0.3, -0.25) is 9.59 Å². The molecule has 0 saturated carbocycles. The Morgan fingerprint density at radius 1 is 1.15 bits per heavy atom. The van der Waals surface area contributed by atoms with E-state index in [2.05, 4.69) is 5.32 Å². The van der Waals surface area contributed by atoms with E-state index in [1.165, 1.54) is 12.1 Å². The van der Waals surface area contributed by atoms with E-state index in [1.54, 1.807) is 23.1 Å². The Morgan fingerprint density at radius 3 is 2.63 bits per heavy atom. The molecule has 5 heteroatoms. The molecule has 0 spiro atoms. The minimum atomic E-state index is -0.674. The summed E-state index contributed by atoms with van der Waals surface area (Å²) in [5.41, 5.74) is 3.08. The summed E-state index contributed by atoms with van der Waals surface area (Å²) in [6.07, 6.45) is 1.64. The minimum absolute atomic E-state index is 0.0924. The van der Waals surface area contributed by atoms with Gasteiger partial charge in [0.1, 0.15) is 11.9 Å². The topological polar surface area (TPSA) is 49.4 Å². The summed E-state index contributed by atoms with van der Waals surface area (Å²) in [5, 5.41) is 2.88. The fourth-order valence-corrected chi connectivity index (χ4v) is 3.47. The number of carbonyl (C=O) groups excluding carboxylic acids is 2. The Labute approximate surface area is 159 Å². The molecule has 1 unspecified atom stereocenters. The van der Waals surface area contributed by atoms with E-state index >= 15 is 0 Å². The van der Waals surface area contributed by atoms with Gasteiger partial charge in [0.2, 0.25) is 5.91 Å². The number of nitrogens with one attached hydrogen (secondary N) is 1. The van der Waals surface area contributed by atoms with Crippen molar-refractivity contribution in [3.05, 3.63) is 65.0 Å². The zero-order valence-electron chi connectivity index (χ0n) is 16.0. The van der Waals surface area contributed by atoms with E-state index in [-0.39, 0.29) is 23.5 Å². The molecule has 0 aliphatic carbocycles. The van der Waals surface area contributed by atoms with Crippen LogP contribution in [0.5, 0.6) is 0 Å². The number of amides is 2. The average Bonchev–Trinajstić information content (AvgIpc) is 2.64. The standard InChI is InChI=1S/C22H25FN2O2/c1-14(2)20(24-21(26)17-7-4-6-15(3)12-17)22(27)25-11-5-8-16-9-10-18(23)13-19(16)25/h4,6-7,9-10,12-14,20H,5,8,11H2,1-3H3,(H,24,26). The second-order valence-electron chi connectivity index (χ2n) is 7.43. The predicted octanol–water partition coefficient (Wildman–Crippen LogP) is 3.87. The van der Waals surface area contributed by atoms with Crippen LogP contribution in [0.15, 0.2) is 42.5 Å². The molecule has 0 aromatic heterocycles. The van der Waals surface area contributed by atoms with E-state index < -0.39 is 6.04 Å². The molecule has 0 bridgehead atoms. The zero-order valence-corrected chi connectivity index (χ0v) is 16.0. The van der Waals surface area contributed by atoms with Gasteiger partial charge in [0.05, 0.1) is 0 Å². The van der Waals surface area contributed by atoms with Gasteiger partial charge in [-0.25, -0.2) is 4.39 Å². The number of fused-ring (bicyclic) bond motifs is 1. The number of anilines is 1. The molecule has 2 aromatic rings. The Morgan fingerprint density at radius 2 is 1.93 bits per heavy atom. The highest BCUT2D eigenvalue weighted by Gasteiger charge is 2.32. The number of carbonyl (C=O) groups is 2. The van der Waals surface area contributed by atoms with Crippen molar-refractivity contribution in [2.45, 2.75) is 39.7 Å². The normalized spacial score (nSPS) is 14.6. The SMILES string of the molecule is Cc1cccc(C(=O)NC(C(=O)N2CCCc3ccc(F)cc32)C(C)C)c1. The molecule has 2 aromatic carbocycles. The van der Waals surface area contributed by atoms with Crippen LogP contribution >= 0.6 is 0 Å².